The number of anilines is 1. The molecule has 9 heteroatoms. The SMILES string of the molecule is CCOc1cc([C@@H]2C3=C(CC(C)(C)CC3=O)Nc3ncnn32)ccc1OC(F)F. The number of aromatic nitrogens is 3. The van der Waals surface area contributed by atoms with Gasteiger partial charge in [-0.25, -0.2) is 4.68 Å². The molecule has 0 saturated carbocycles. The molecule has 7 nitrogen and oxygen atoms in total. The second-order valence-corrected chi connectivity index (χ2v) is 7.91. The lowest BCUT2D eigenvalue weighted by atomic mass is 9.73. The lowest BCUT2D eigenvalue weighted by Gasteiger charge is -2.38. The molecule has 0 saturated heterocycles. The number of ketones is 1. The Morgan fingerprint density at radius 1 is 1.31 bits per heavy atom. The van der Waals surface area contributed by atoms with Gasteiger partial charge in [-0.15, -0.1) is 0 Å². The van der Waals surface area contributed by atoms with E-state index in [0.717, 1.165) is 5.70 Å². The number of ether oxygens (including phenoxy) is 2. The van der Waals surface area contributed by atoms with Crippen LogP contribution in [0, 0.1) is 5.41 Å². The van der Waals surface area contributed by atoms with Crippen LogP contribution in [0.4, 0.5) is 14.7 Å². The molecule has 2 heterocycles. The van der Waals surface area contributed by atoms with Crippen LogP contribution in [-0.4, -0.2) is 33.8 Å². The summed E-state index contributed by atoms with van der Waals surface area (Å²) in [5.41, 5.74) is 1.96. The average molecular weight is 404 g/mol. The highest BCUT2D eigenvalue weighted by atomic mass is 19.3. The van der Waals surface area contributed by atoms with E-state index in [0.29, 0.717) is 29.9 Å². The van der Waals surface area contributed by atoms with Gasteiger partial charge in [0.1, 0.15) is 12.4 Å². The molecule has 29 heavy (non-hydrogen) atoms. The van der Waals surface area contributed by atoms with Gasteiger partial charge < -0.3 is 14.8 Å². The van der Waals surface area contributed by atoms with E-state index in [-0.39, 0.29) is 29.3 Å². The van der Waals surface area contributed by atoms with E-state index in [1.54, 1.807) is 23.7 Å². The zero-order valence-electron chi connectivity index (χ0n) is 16.4. The topological polar surface area (TPSA) is 78.3 Å². The summed E-state index contributed by atoms with van der Waals surface area (Å²) in [6.07, 6.45) is 2.53. The summed E-state index contributed by atoms with van der Waals surface area (Å²) >= 11 is 0. The van der Waals surface area contributed by atoms with Crippen molar-refractivity contribution >= 4 is 11.7 Å². The summed E-state index contributed by atoms with van der Waals surface area (Å²) in [6, 6.07) is 4.19. The van der Waals surface area contributed by atoms with Crippen molar-refractivity contribution in [2.75, 3.05) is 11.9 Å². The monoisotopic (exact) mass is 404 g/mol. The molecule has 4 rings (SSSR count). The van der Waals surface area contributed by atoms with E-state index in [2.05, 4.69) is 20.1 Å². The number of rotatable bonds is 5. The molecule has 2 aliphatic rings. The number of alkyl halides is 2. The molecule has 0 fully saturated rings. The standard InChI is InChI=1S/C20H22F2N4O3/c1-4-28-15-7-11(5-6-14(15)29-18(21)22)17-16-12(8-20(2,3)9-13(16)27)25-19-23-10-24-26(17)19/h5-7,10,17-18H,4,8-9H2,1-3H3,(H,23,24,25)/t17-/m1/s1. The average Bonchev–Trinajstić information content (AvgIpc) is 3.08. The molecule has 1 atom stereocenters. The molecular weight excluding hydrogens is 382 g/mol. The van der Waals surface area contributed by atoms with Crippen LogP contribution >= 0.6 is 0 Å². The van der Waals surface area contributed by atoms with Crippen molar-refractivity contribution in [1.82, 2.24) is 14.8 Å². The number of carbonyl (C=O) groups is 1. The van der Waals surface area contributed by atoms with Crippen LogP contribution in [0.5, 0.6) is 11.5 Å². The van der Waals surface area contributed by atoms with E-state index >= 15 is 0 Å². The van der Waals surface area contributed by atoms with Gasteiger partial charge in [-0.3, -0.25) is 4.79 Å². The molecule has 1 aliphatic heterocycles. The van der Waals surface area contributed by atoms with Crippen molar-refractivity contribution in [1.29, 1.82) is 0 Å². The van der Waals surface area contributed by atoms with Crippen molar-refractivity contribution in [2.45, 2.75) is 46.3 Å². The normalized spacial score (nSPS) is 20.2. The molecule has 1 aromatic carbocycles. The minimum Gasteiger partial charge on any atom is -0.490 e. The Morgan fingerprint density at radius 3 is 2.83 bits per heavy atom. The van der Waals surface area contributed by atoms with Gasteiger partial charge in [0.2, 0.25) is 5.95 Å². The zero-order valence-corrected chi connectivity index (χ0v) is 16.4. The quantitative estimate of drug-likeness (QED) is 0.813. The summed E-state index contributed by atoms with van der Waals surface area (Å²) < 4.78 is 37.2. The van der Waals surface area contributed by atoms with E-state index < -0.39 is 12.7 Å². The second kappa shape index (κ2) is 7.13. The fourth-order valence-corrected chi connectivity index (χ4v) is 4.01. The van der Waals surface area contributed by atoms with E-state index in [1.807, 2.05) is 13.8 Å². The molecule has 0 bridgehead atoms. The molecule has 1 aliphatic carbocycles. The van der Waals surface area contributed by atoms with Crippen molar-refractivity contribution in [3.05, 3.63) is 41.4 Å². The number of hydrogen-bond acceptors (Lipinski definition) is 6. The number of Topliss-reactive ketones (excluding diaryl/α,β-unsaturated/α-hetero) is 1. The maximum absolute atomic E-state index is 13.1. The predicted molar refractivity (Wildman–Crippen MR) is 101 cm³/mol. The number of nitrogens with one attached hydrogen (secondary N) is 1. The lowest BCUT2D eigenvalue weighted by Crippen LogP contribution is -2.36. The largest absolute Gasteiger partial charge is 0.490 e. The maximum atomic E-state index is 13.1. The first-order valence-corrected chi connectivity index (χ1v) is 9.43. The summed E-state index contributed by atoms with van der Waals surface area (Å²) in [5.74, 6) is 0.700. The fourth-order valence-electron chi connectivity index (χ4n) is 4.01. The number of carbonyl (C=O) groups excluding carboxylic acids is 1. The minimum atomic E-state index is -2.96. The van der Waals surface area contributed by atoms with E-state index in [9.17, 15) is 13.6 Å². The second-order valence-electron chi connectivity index (χ2n) is 7.91. The number of benzene rings is 1. The summed E-state index contributed by atoms with van der Waals surface area (Å²) in [6.45, 7) is 3.18. The third-order valence-corrected chi connectivity index (χ3v) is 5.07. The Morgan fingerprint density at radius 2 is 2.10 bits per heavy atom. The molecule has 0 spiro atoms. The smallest absolute Gasteiger partial charge is 0.387 e. The number of allylic oxidation sites excluding steroid dienone is 2. The molecule has 2 aromatic rings. The molecule has 0 amide bonds. The third kappa shape index (κ3) is 3.56. The molecule has 1 N–H and O–H groups in total. The van der Waals surface area contributed by atoms with Crippen LogP contribution in [-0.2, 0) is 4.79 Å². The Balaban J connectivity index is 1.83. The van der Waals surface area contributed by atoms with Crippen LogP contribution in [0.15, 0.2) is 35.8 Å². The van der Waals surface area contributed by atoms with E-state index in [4.69, 9.17) is 4.74 Å². The first-order chi connectivity index (χ1) is 13.8. The van der Waals surface area contributed by atoms with Gasteiger partial charge in [-0.2, -0.15) is 18.9 Å². The highest BCUT2D eigenvalue weighted by Gasteiger charge is 2.41. The highest BCUT2D eigenvalue weighted by Crippen LogP contribution is 2.46. The van der Waals surface area contributed by atoms with Crippen molar-refractivity contribution in [2.24, 2.45) is 5.41 Å². The summed E-state index contributed by atoms with van der Waals surface area (Å²) in [4.78, 5) is 17.3. The van der Waals surface area contributed by atoms with Crippen molar-refractivity contribution < 1.29 is 23.0 Å². The maximum Gasteiger partial charge on any atom is 0.387 e. The summed E-state index contributed by atoms with van der Waals surface area (Å²) in [5, 5.41) is 7.52. The zero-order chi connectivity index (χ0) is 20.8. The Labute approximate surface area is 166 Å². The highest BCUT2D eigenvalue weighted by molar-refractivity contribution is 6.00. The molecule has 154 valence electrons. The van der Waals surface area contributed by atoms with Crippen LogP contribution in [0.1, 0.15) is 45.2 Å². The van der Waals surface area contributed by atoms with Crippen LogP contribution in [0.3, 0.4) is 0 Å². The van der Waals surface area contributed by atoms with E-state index in [1.165, 1.54) is 12.4 Å². The number of halogens is 2. The van der Waals surface area contributed by atoms with Gasteiger partial charge in [-0.05, 0) is 36.5 Å². The Hall–Kier alpha value is -2.97. The fraction of sp³-hybridized carbons (Fsp3) is 0.450. The van der Waals surface area contributed by atoms with Gasteiger partial charge >= 0.3 is 6.61 Å². The van der Waals surface area contributed by atoms with Gasteiger partial charge in [0.25, 0.3) is 0 Å². The minimum absolute atomic E-state index is 0.0285. The number of hydrogen-bond donors (Lipinski definition) is 1. The van der Waals surface area contributed by atoms with Gasteiger partial charge in [-0.1, -0.05) is 19.9 Å². The lowest BCUT2D eigenvalue weighted by molar-refractivity contribution is -0.118. The first-order valence-electron chi connectivity index (χ1n) is 9.43. The van der Waals surface area contributed by atoms with Gasteiger partial charge in [0, 0.05) is 17.7 Å². The first kappa shape index (κ1) is 19.4. The van der Waals surface area contributed by atoms with Crippen LogP contribution < -0.4 is 14.8 Å². The summed E-state index contributed by atoms with van der Waals surface area (Å²) in [7, 11) is 0. The Bertz CT molecular complexity index is 984. The van der Waals surface area contributed by atoms with Crippen LogP contribution in [0.25, 0.3) is 0 Å². The van der Waals surface area contributed by atoms with Crippen molar-refractivity contribution in [3.63, 3.8) is 0 Å². The third-order valence-electron chi connectivity index (χ3n) is 5.07. The number of fused-ring (bicyclic) bond motifs is 1. The molecule has 0 unspecified atom stereocenters. The molecule has 0 radical (unpaired) electrons. The van der Waals surface area contributed by atoms with Crippen molar-refractivity contribution in [3.8, 4) is 11.5 Å². The predicted octanol–water partition coefficient (Wildman–Crippen LogP) is 3.94. The number of nitrogens with zero attached hydrogens (tertiary/aromatic N) is 3. The van der Waals surface area contributed by atoms with Gasteiger partial charge in [0.15, 0.2) is 17.3 Å². The van der Waals surface area contributed by atoms with Gasteiger partial charge in [0.05, 0.1) is 6.61 Å². The molecule has 1 aromatic heterocycles. The molecular formula is C20H22F2N4O3. The van der Waals surface area contributed by atoms with Crippen LogP contribution in [0.2, 0.25) is 0 Å². The Kier molecular flexibility index (Phi) is 4.76.